The molecule has 2 aromatic heterocycles. The average molecular weight is 275 g/mol. The maximum absolute atomic E-state index is 10.9. The zero-order valence-corrected chi connectivity index (χ0v) is 11.0. The van der Waals surface area contributed by atoms with Crippen LogP contribution in [0, 0.1) is 5.92 Å². The van der Waals surface area contributed by atoms with Gasteiger partial charge >= 0.3 is 5.97 Å². The Balaban J connectivity index is 1.54. The number of aromatic nitrogens is 4. The van der Waals surface area contributed by atoms with Crippen LogP contribution >= 0.6 is 0 Å². The highest BCUT2D eigenvalue weighted by Gasteiger charge is 2.21. The van der Waals surface area contributed by atoms with Crippen molar-refractivity contribution in [1.29, 1.82) is 0 Å². The lowest BCUT2D eigenvalue weighted by Crippen LogP contribution is -2.30. The summed E-state index contributed by atoms with van der Waals surface area (Å²) in [7, 11) is 0. The maximum atomic E-state index is 10.9. The number of carboxylic acids is 1. The van der Waals surface area contributed by atoms with E-state index in [2.05, 4.69) is 20.3 Å². The van der Waals surface area contributed by atoms with Gasteiger partial charge in [0.1, 0.15) is 11.6 Å². The minimum Gasteiger partial charge on any atom is -0.476 e. The lowest BCUT2D eigenvalue weighted by atomic mass is 9.99. The van der Waals surface area contributed by atoms with Crippen LogP contribution in [0.15, 0.2) is 18.6 Å². The Kier molecular flexibility index (Phi) is 3.51. The predicted octanol–water partition coefficient (Wildman–Crippen LogP) is 0.657. The average Bonchev–Trinajstić information content (AvgIpc) is 3.06. The van der Waals surface area contributed by atoms with E-state index in [-0.39, 0.29) is 5.69 Å². The zero-order chi connectivity index (χ0) is 13.9. The first-order valence-corrected chi connectivity index (χ1v) is 6.70. The number of H-pyrrole nitrogens is 1. The third-order valence-electron chi connectivity index (χ3n) is 3.59. The Morgan fingerprint density at radius 3 is 3.25 bits per heavy atom. The molecule has 2 aromatic rings. The van der Waals surface area contributed by atoms with Crippen molar-refractivity contribution in [2.45, 2.75) is 25.9 Å². The highest BCUT2D eigenvalue weighted by atomic mass is 16.4. The van der Waals surface area contributed by atoms with E-state index in [4.69, 9.17) is 5.11 Å². The van der Waals surface area contributed by atoms with Crippen molar-refractivity contribution in [3.05, 3.63) is 35.9 Å². The van der Waals surface area contributed by atoms with Gasteiger partial charge in [-0.2, -0.15) is 0 Å². The number of hydrogen-bond acceptors (Lipinski definition) is 4. The van der Waals surface area contributed by atoms with Crippen LogP contribution < -0.4 is 5.32 Å². The topological polar surface area (TPSA) is 95.8 Å². The number of aryl methyl sites for hydroxylation is 1. The van der Waals surface area contributed by atoms with E-state index < -0.39 is 5.97 Å². The van der Waals surface area contributed by atoms with E-state index in [1.54, 1.807) is 12.4 Å². The van der Waals surface area contributed by atoms with Crippen molar-refractivity contribution in [3.63, 3.8) is 0 Å². The highest BCUT2D eigenvalue weighted by molar-refractivity contribution is 5.85. The fourth-order valence-electron chi connectivity index (χ4n) is 2.57. The SMILES string of the molecule is O=C(O)c1cn2c(n1)CCC(CNCc1ncc[nH]1)C2. The van der Waals surface area contributed by atoms with Crippen molar-refractivity contribution >= 4 is 5.97 Å². The van der Waals surface area contributed by atoms with Gasteiger partial charge in [0.25, 0.3) is 0 Å². The number of rotatable bonds is 5. The summed E-state index contributed by atoms with van der Waals surface area (Å²) in [6.07, 6.45) is 7.05. The predicted molar refractivity (Wildman–Crippen MR) is 71.3 cm³/mol. The summed E-state index contributed by atoms with van der Waals surface area (Å²) in [5, 5.41) is 12.3. The summed E-state index contributed by atoms with van der Waals surface area (Å²) in [4.78, 5) is 22.3. The Hall–Kier alpha value is -2.15. The summed E-state index contributed by atoms with van der Waals surface area (Å²) in [6, 6.07) is 0. The number of fused-ring (bicyclic) bond motifs is 1. The van der Waals surface area contributed by atoms with Gasteiger partial charge in [-0.25, -0.2) is 14.8 Å². The van der Waals surface area contributed by atoms with Gasteiger partial charge < -0.3 is 20.0 Å². The lowest BCUT2D eigenvalue weighted by molar-refractivity contribution is 0.0691. The fraction of sp³-hybridized carbons (Fsp3) is 0.462. The number of nitrogens with zero attached hydrogens (tertiary/aromatic N) is 3. The second-order valence-corrected chi connectivity index (χ2v) is 5.07. The number of hydrogen-bond donors (Lipinski definition) is 3. The second-order valence-electron chi connectivity index (χ2n) is 5.07. The van der Waals surface area contributed by atoms with Crippen LogP contribution in [-0.2, 0) is 19.5 Å². The van der Waals surface area contributed by atoms with Gasteiger partial charge in [0.15, 0.2) is 5.69 Å². The van der Waals surface area contributed by atoms with Gasteiger partial charge in [-0.3, -0.25) is 0 Å². The molecule has 1 unspecified atom stereocenters. The number of imidazole rings is 2. The third-order valence-corrected chi connectivity index (χ3v) is 3.59. The van der Waals surface area contributed by atoms with Crippen LogP contribution in [0.1, 0.15) is 28.6 Å². The van der Waals surface area contributed by atoms with Crippen LogP contribution in [0.25, 0.3) is 0 Å². The molecule has 20 heavy (non-hydrogen) atoms. The van der Waals surface area contributed by atoms with E-state index >= 15 is 0 Å². The van der Waals surface area contributed by atoms with Crippen LogP contribution in [0.3, 0.4) is 0 Å². The third kappa shape index (κ3) is 2.72. The lowest BCUT2D eigenvalue weighted by Gasteiger charge is -2.23. The Bertz CT molecular complexity index is 590. The van der Waals surface area contributed by atoms with Crippen molar-refractivity contribution < 1.29 is 9.90 Å². The molecule has 3 heterocycles. The summed E-state index contributed by atoms with van der Waals surface area (Å²) in [6.45, 7) is 2.43. The van der Waals surface area contributed by atoms with Gasteiger partial charge in [-0.1, -0.05) is 0 Å². The summed E-state index contributed by atoms with van der Waals surface area (Å²) < 4.78 is 1.96. The molecule has 3 N–H and O–H groups in total. The van der Waals surface area contributed by atoms with E-state index in [9.17, 15) is 4.79 Å². The number of aromatic amines is 1. The Morgan fingerprint density at radius 1 is 1.60 bits per heavy atom. The minimum atomic E-state index is -0.959. The molecular weight excluding hydrogens is 258 g/mol. The van der Waals surface area contributed by atoms with Crippen molar-refractivity contribution in [2.75, 3.05) is 6.54 Å². The van der Waals surface area contributed by atoms with Crippen molar-refractivity contribution in [3.8, 4) is 0 Å². The fourth-order valence-corrected chi connectivity index (χ4v) is 2.57. The normalized spacial score (nSPS) is 17.9. The Labute approximate surface area is 116 Å². The molecule has 0 bridgehead atoms. The second kappa shape index (κ2) is 5.46. The molecule has 1 atom stereocenters. The summed E-state index contributed by atoms with van der Waals surface area (Å²) in [5.74, 6) is 1.34. The molecule has 0 aliphatic carbocycles. The van der Waals surface area contributed by atoms with E-state index in [1.807, 2.05) is 10.8 Å². The molecule has 7 heteroatoms. The van der Waals surface area contributed by atoms with Crippen molar-refractivity contribution in [2.24, 2.45) is 5.92 Å². The summed E-state index contributed by atoms with van der Waals surface area (Å²) in [5.41, 5.74) is 0.143. The number of aromatic carboxylic acids is 1. The molecule has 0 fully saturated rings. The first kappa shape index (κ1) is 12.9. The Morgan fingerprint density at radius 2 is 2.50 bits per heavy atom. The first-order valence-electron chi connectivity index (χ1n) is 6.70. The molecule has 0 radical (unpaired) electrons. The molecule has 106 valence electrons. The number of nitrogens with one attached hydrogen (secondary N) is 2. The standard InChI is InChI=1S/C13H17N5O2/c19-13(20)10-8-18-7-9(1-2-12(18)17-10)5-14-6-11-15-3-4-16-11/h3-4,8-9,14H,1-2,5-7H2,(H,15,16)(H,19,20). The molecule has 1 aliphatic heterocycles. The molecule has 0 amide bonds. The van der Waals surface area contributed by atoms with Crippen LogP contribution in [0.4, 0.5) is 0 Å². The van der Waals surface area contributed by atoms with E-state index in [0.717, 1.165) is 44.1 Å². The minimum absolute atomic E-state index is 0.143. The molecule has 7 nitrogen and oxygen atoms in total. The van der Waals surface area contributed by atoms with Gasteiger partial charge in [0.2, 0.25) is 0 Å². The highest BCUT2D eigenvalue weighted by Crippen LogP contribution is 2.19. The largest absolute Gasteiger partial charge is 0.476 e. The molecule has 0 aromatic carbocycles. The number of carboxylic acid groups (broad SMARTS) is 1. The maximum Gasteiger partial charge on any atom is 0.356 e. The first-order chi connectivity index (χ1) is 9.72. The van der Waals surface area contributed by atoms with Crippen LogP contribution in [0.2, 0.25) is 0 Å². The zero-order valence-electron chi connectivity index (χ0n) is 11.0. The van der Waals surface area contributed by atoms with E-state index in [1.165, 1.54) is 0 Å². The summed E-state index contributed by atoms with van der Waals surface area (Å²) >= 11 is 0. The van der Waals surface area contributed by atoms with Gasteiger partial charge in [-0.05, 0) is 12.3 Å². The smallest absolute Gasteiger partial charge is 0.356 e. The van der Waals surface area contributed by atoms with Crippen LogP contribution in [0.5, 0.6) is 0 Å². The number of carbonyl (C=O) groups is 1. The van der Waals surface area contributed by atoms with Crippen LogP contribution in [-0.4, -0.2) is 37.1 Å². The molecular formula is C13H17N5O2. The van der Waals surface area contributed by atoms with Crippen molar-refractivity contribution in [1.82, 2.24) is 24.8 Å². The monoisotopic (exact) mass is 275 g/mol. The van der Waals surface area contributed by atoms with Gasteiger partial charge in [0.05, 0.1) is 6.54 Å². The molecule has 0 saturated heterocycles. The quantitative estimate of drug-likeness (QED) is 0.745. The van der Waals surface area contributed by atoms with Gasteiger partial charge in [0, 0.05) is 38.1 Å². The molecule has 3 rings (SSSR count). The van der Waals surface area contributed by atoms with E-state index in [0.29, 0.717) is 5.92 Å². The van der Waals surface area contributed by atoms with Gasteiger partial charge in [-0.15, -0.1) is 0 Å². The molecule has 0 saturated carbocycles. The molecule has 1 aliphatic rings. The molecule has 0 spiro atoms.